The number of benzene rings is 3. The van der Waals surface area contributed by atoms with E-state index in [4.69, 9.17) is 9.05 Å². The van der Waals surface area contributed by atoms with E-state index in [0.29, 0.717) is 17.7 Å². The van der Waals surface area contributed by atoms with E-state index in [1.807, 2.05) is 63.2 Å². The molecule has 0 saturated carbocycles. The van der Waals surface area contributed by atoms with Gasteiger partial charge in [0.15, 0.2) is 0 Å². The molecule has 0 amide bonds. The van der Waals surface area contributed by atoms with Crippen molar-refractivity contribution in [3.63, 3.8) is 0 Å². The van der Waals surface area contributed by atoms with Gasteiger partial charge in [-0.3, -0.25) is 4.52 Å². The van der Waals surface area contributed by atoms with Crippen LogP contribution in [-0.2, 0) is 13.6 Å². The molecule has 1 unspecified atom stereocenters. The van der Waals surface area contributed by atoms with Crippen molar-refractivity contribution in [2.24, 2.45) is 0 Å². The highest BCUT2D eigenvalue weighted by molar-refractivity contribution is 7.63. The van der Waals surface area contributed by atoms with Gasteiger partial charge in [-0.25, -0.2) is 4.57 Å². The molecule has 1 atom stereocenters. The standard InChI is InChI=1S/C25H25O3P/c1-5-27-29(26)25-19(4)7-6-8-22(25)23(20-13-9-17(2)10-14-20)24(28-29)21-15-11-18(3)12-16-21/h6-16H,5H2,1-4H3. The molecule has 1 aliphatic heterocycles. The Morgan fingerprint density at radius 2 is 1.41 bits per heavy atom. The van der Waals surface area contributed by atoms with Gasteiger partial charge in [0.2, 0.25) is 0 Å². The Morgan fingerprint density at radius 3 is 2.00 bits per heavy atom. The van der Waals surface area contributed by atoms with Gasteiger partial charge in [0.25, 0.3) is 0 Å². The van der Waals surface area contributed by atoms with Gasteiger partial charge in [-0.2, -0.15) is 0 Å². The first-order valence-corrected chi connectivity index (χ1v) is 11.4. The lowest BCUT2D eigenvalue weighted by atomic mass is 9.92. The third kappa shape index (κ3) is 3.57. The summed E-state index contributed by atoms with van der Waals surface area (Å²) in [6.45, 7) is 8.22. The second kappa shape index (κ2) is 7.67. The Bertz CT molecular complexity index is 1130. The summed E-state index contributed by atoms with van der Waals surface area (Å²) in [5, 5.41) is 0.660. The van der Waals surface area contributed by atoms with E-state index in [-0.39, 0.29) is 0 Å². The predicted molar refractivity (Wildman–Crippen MR) is 119 cm³/mol. The minimum atomic E-state index is -3.50. The molecular formula is C25H25O3P. The maximum Gasteiger partial charge on any atom is 0.411 e. The maximum absolute atomic E-state index is 13.9. The third-order valence-corrected chi connectivity index (χ3v) is 7.33. The molecule has 3 nitrogen and oxygen atoms in total. The predicted octanol–water partition coefficient (Wildman–Crippen LogP) is 6.41. The van der Waals surface area contributed by atoms with Crippen molar-refractivity contribution in [1.29, 1.82) is 0 Å². The zero-order chi connectivity index (χ0) is 20.6. The van der Waals surface area contributed by atoms with Gasteiger partial charge in [0.05, 0.1) is 11.9 Å². The first-order valence-electron chi connectivity index (χ1n) is 9.86. The van der Waals surface area contributed by atoms with Crippen molar-refractivity contribution in [3.05, 3.63) is 100 Å². The van der Waals surface area contributed by atoms with E-state index >= 15 is 0 Å². The second-order valence-electron chi connectivity index (χ2n) is 7.41. The van der Waals surface area contributed by atoms with Crippen LogP contribution in [0.15, 0.2) is 66.7 Å². The SMILES string of the molecule is CCOP1(=O)OC(c2ccc(C)cc2)=C(c2ccc(C)cc2)c2cccc(C)c21. The summed E-state index contributed by atoms with van der Waals surface area (Å²) in [6.07, 6.45) is 0. The number of fused-ring (bicyclic) bond motifs is 1. The van der Waals surface area contributed by atoms with Gasteiger partial charge in [-0.05, 0) is 38.8 Å². The number of aryl methyl sites for hydroxylation is 3. The molecule has 3 aromatic carbocycles. The lowest BCUT2D eigenvalue weighted by molar-refractivity contribution is 0.279. The fourth-order valence-electron chi connectivity index (χ4n) is 3.73. The van der Waals surface area contributed by atoms with E-state index in [1.54, 1.807) is 0 Å². The summed E-state index contributed by atoms with van der Waals surface area (Å²) in [7, 11) is -3.50. The molecule has 3 aromatic rings. The molecule has 0 saturated heterocycles. The Hall–Kier alpha value is -2.61. The summed E-state index contributed by atoms with van der Waals surface area (Å²) in [6, 6.07) is 22.4. The highest BCUT2D eigenvalue weighted by atomic mass is 31.2. The monoisotopic (exact) mass is 404 g/mol. The van der Waals surface area contributed by atoms with Gasteiger partial charge >= 0.3 is 7.60 Å². The quantitative estimate of drug-likeness (QED) is 0.471. The van der Waals surface area contributed by atoms with Gasteiger partial charge in [0.1, 0.15) is 5.76 Å². The molecule has 1 heterocycles. The molecule has 4 rings (SSSR count). The molecule has 0 spiro atoms. The van der Waals surface area contributed by atoms with Crippen LogP contribution in [0.3, 0.4) is 0 Å². The highest BCUT2D eigenvalue weighted by Gasteiger charge is 2.40. The zero-order valence-electron chi connectivity index (χ0n) is 17.2. The van der Waals surface area contributed by atoms with Crippen LogP contribution >= 0.6 is 7.60 Å². The molecule has 4 heteroatoms. The minimum Gasteiger partial charge on any atom is -0.420 e. The van der Waals surface area contributed by atoms with Crippen molar-refractivity contribution in [2.45, 2.75) is 27.7 Å². The average molecular weight is 404 g/mol. The fourth-order valence-corrected chi connectivity index (χ4v) is 5.77. The van der Waals surface area contributed by atoms with Crippen molar-refractivity contribution in [3.8, 4) is 0 Å². The zero-order valence-corrected chi connectivity index (χ0v) is 18.1. The Morgan fingerprint density at radius 1 is 0.828 bits per heavy atom. The Labute approximate surface area is 172 Å². The fraction of sp³-hybridized carbons (Fsp3) is 0.200. The van der Waals surface area contributed by atoms with Gasteiger partial charge < -0.3 is 4.52 Å². The lowest BCUT2D eigenvalue weighted by Crippen LogP contribution is -2.23. The molecule has 1 aliphatic rings. The highest BCUT2D eigenvalue weighted by Crippen LogP contribution is 2.58. The van der Waals surface area contributed by atoms with Crippen LogP contribution in [0, 0.1) is 20.8 Å². The van der Waals surface area contributed by atoms with Crippen molar-refractivity contribution in [1.82, 2.24) is 0 Å². The molecule has 0 fully saturated rings. The molecule has 29 heavy (non-hydrogen) atoms. The average Bonchev–Trinajstić information content (AvgIpc) is 2.69. The summed E-state index contributed by atoms with van der Waals surface area (Å²) in [5.74, 6) is 0.601. The molecule has 148 valence electrons. The largest absolute Gasteiger partial charge is 0.420 e. The number of hydrogen-bond donors (Lipinski definition) is 0. The van der Waals surface area contributed by atoms with Crippen LogP contribution in [0.25, 0.3) is 11.3 Å². The Kier molecular flexibility index (Phi) is 5.21. The summed E-state index contributed by atoms with van der Waals surface area (Å²) in [4.78, 5) is 0. The molecule has 0 N–H and O–H groups in total. The van der Waals surface area contributed by atoms with Crippen LogP contribution in [-0.4, -0.2) is 6.61 Å². The molecular weight excluding hydrogens is 379 g/mol. The summed E-state index contributed by atoms with van der Waals surface area (Å²) < 4.78 is 25.9. The van der Waals surface area contributed by atoms with Crippen LogP contribution in [0.2, 0.25) is 0 Å². The minimum absolute atomic E-state index is 0.312. The second-order valence-corrected chi connectivity index (χ2v) is 9.30. The molecule has 0 bridgehead atoms. The van der Waals surface area contributed by atoms with Crippen LogP contribution in [0.4, 0.5) is 0 Å². The third-order valence-electron chi connectivity index (χ3n) is 5.17. The van der Waals surface area contributed by atoms with Crippen LogP contribution < -0.4 is 5.30 Å². The number of rotatable bonds is 4. The van der Waals surface area contributed by atoms with Gasteiger partial charge in [-0.1, -0.05) is 77.9 Å². The lowest BCUT2D eigenvalue weighted by Gasteiger charge is -2.31. The van der Waals surface area contributed by atoms with Gasteiger partial charge in [0, 0.05) is 16.7 Å². The molecule has 0 aromatic heterocycles. The smallest absolute Gasteiger partial charge is 0.411 e. The van der Waals surface area contributed by atoms with E-state index in [2.05, 4.69) is 31.2 Å². The topological polar surface area (TPSA) is 35.5 Å². The first-order chi connectivity index (χ1) is 13.9. The van der Waals surface area contributed by atoms with E-state index in [0.717, 1.165) is 33.4 Å². The van der Waals surface area contributed by atoms with Crippen LogP contribution in [0.1, 0.15) is 40.3 Å². The van der Waals surface area contributed by atoms with Crippen molar-refractivity contribution in [2.75, 3.05) is 6.61 Å². The van der Waals surface area contributed by atoms with Crippen molar-refractivity contribution < 1.29 is 13.6 Å². The van der Waals surface area contributed by atoms with Gasteiger partial charge in [-0.15, -0.1) is 0 Å². The number of hydrogen-bond acceptors (Lipinski definition) is 3. The van der Waals surface area contributed by atoms with E-state index in [9.17, 15) is 4.57 Å². The normalized spacial score (nSPS) is 18.3. The van der Waals surface area contributed by atoms with Crippen LogP contribution in [0.5, 0.6) is 0 Å². The summed E-state index contributed by atoms with van der Waals surface area (Å²) >= 11 is 0. The van der Waals surface area contributed by atoms with Crippen molar-refractivity contribution >= 4 is 24.2 Å². The molecule has 0 radical (unpaired) electrons. The van der Waals surface area contributed by atoms with E-state index in [1.165, 1.54) is 5.56 Å². The first kappa shape index (κ1) is 19.7. The summed E-state index contributed by atoms with van der Waals surface area (Å²) in [5.41, 5.74) is 7.02. The Balaban J connectivity index is 2.06. The molecule has 0 aliphatic carbocycles. The maximum atomic E-state index is 13.9. The van der Waals surface area contributed by atoms with E-state index < -0.39 is 7.60 Å².